The predicted octanol–water partition coefficient (Wildman–Crippen LogP) is 3.27. The van der Waals surface area contributed by atoms with E-state index in [2.05, 4.69) is 32.1 Å². The van der Waals surface area contributed by atoms with Crippen LogP contribution in [0.3, 0.4) is 0 Å². The van der Waals surface area contributed by atoms with Crippen molar-refractivity contribution in [2.75, 3.05) is 19.8 Å². The number of ether oxygens (including phenoxy) is 2. The zero-order valence-electron chi connectivity index (χ0n) is 19.5. The molecule has 0 radical (unpaired) electrons. The van der Waals surface area contributed by atoms with Gasteiger partial charge in [0.15, 0.2) is 6.10 Å². The average molecular weight is 477 g/mol. The Bertz CT molecular complexity index is 1400. The van der Waals surface area contributed by atoms with Crippen LogP contribution in [0.15, 0.2) is 36.7 Å². The first-order valence-corrected chi connectivity index (χ1v) is 11.4. The third-order valence-corrected chi connectivity index (χ3v) is 6.07. The summed E-state index contributed by atoms with van der Waals surface area (Å²) in [5.74, 6) is 5.85. The van der Waals surface area contributed by atoms with Gasteiger partial charge in [-0.1, -0.05) is 11.1 Å². The minimum Gasteiger partial charge on any atom is -0.466 e. The minimum absolute atomic E-state index is 0.241. The summed E-state index contributed by atoms with van der Waals surface area (Å²) in [6, 6.07) is 6.74. The molecule has 0 aromatic carbocycles. The van der Waals surface area contributed by atoms with Crippen LogP contribution in [-0.2, 0) is 4.74 Å². The van der Waals surface area contributed by atoms with Gasteiger partial charge < -0.3 is 14.6 Å². The van der Waals surface area contributed by atoms with E-state index in [1.54, 1.807) is 17.5 Å². The first kappa shape index (κ1) is 23.0. The maximum Gasteiger partial charge on any atom is 0.201 e. The van der Waals surface area contributed by atoms with Crippen LogP contribution in [0.1, 0.15) is 49.0 Å². The third kappa shape index (κ3) is 4.48. The van der Waals surface area contributed by atoms with Gasteiger partial charge >= 0.3 is 0 Å². The number of rotatable bonds is 6. The Kier molecular flexibility index (Phi) is 6.44. The predicted molar refractivity (Wildman–Crippen MR) is 125 cm³/mol. The average Bonchev–Trinajstić information content (AvgIpc) is 3.47. The van der Waals surface area contributed by atoms with Crippen molar-refractivity contribution in [3.63, 3.8) is 0 Å². The highest BCUT2D eigenvalue weighted by atomic mass is 19.1. The molecule has 1 atom stereocenters. The normalized spacial score (nSPS) is 15.1. The minimum atomic E-state index is -0.821. The molecule has 1 saturated heterocycles. The fraction of sp³-hybridized carbons (Fsp3) is 0.360. The molecule has 9 nitrogen and oxygen atoms in total. The van der Waals surface area contributed by atoms with Crippen molar-refractivity contribution >= 4 is 5.65 Å². The topological polar surface area (TPSA) is 99.6 Å². The molecule has 180 valence electrons. The fourth-order valence-corrected chi connectivity index (χ4v) is 4.32. The van der Waals surface area contributed by atoms with Gasteiger partial charge in [-0.3, -0.25) is 9.38 Å². The molecule has 1 aliphatic heterocycles. The second-order valence-corrected chi connectivity index (χ2v) is 8.30. The summed E-state index contributed by atoms with van der Waals surface area (Å²) in [6.45, 7) is 4.79. The second-order valence-electron chi connectivity index (χ2n) is 8.30. The van der Waals surface area contributed by atoms with Crippen molar-refractivity contribution in [1.29, 1.82) is 0 Å². The molecule has 10 heteroatoms. The Morgan fingerprint density at radius 2 is 2.06 bits per heavy atom. The molecule has 1 fully saturated rings. The maximum absolute atomic E-state index is 13.4. The number of halogens is 1. The van der Waals surface area contributed by atoms with E-state index in [0.29, 0.717) is 36.1 Å². The molecule has 4 aromatic rings. The number of hydrogen-bond donors (Lipinski definition) is 1. The van der Waals surface area contributed by atoms with Crippen LogP contribution in [0.5, 0.6) is 5.88 Å². The smallest absolute Gasteiger partial charge is 0.201 e. The van der Waals surface area contributed by atoms with Gasteiger partial charge in [0.1, 0.15) is 22.9 Å². The summed E-state index contributed by atoms with van der Waals surface area (Å²) in [5, 5.41) is 18.9. The summed E-state index contributed by atoms with van der Waals surface area (Å²) in [5.41, 5.74) is 4.07. The number of pyridine rings is 2. The van der Waals surface area contributed by atoms with Crippen molar-refractivity contribution in [2.45, 2.75) is 38.8 Å². The molecule has 5 heterocycles. The lowest BCUT2D eigenvalue weighted by Gasteiger charge is -2.23. The SMILES string of the molecule is CC#Cc1cnc2cc(-c3nnn(C4CCOCC4)c3C)cc(OC(CO)c3ccc(F)cn3)n12. The second kappa shape index (κ2) is 9.82. The number of aromatic nitrogens is 6. The first-order chi connectivity index (χ1) is 17.1. The molecule has 1 aliphatic rings. The zero-order valence-corrected chi connectivity index (χ0v) is 19.5. The molecule has 0 amide bonds. The van der Waals surface area contributed by atoms with E-state index >= 15 is 0 Å². The molecule has 0 aliphatic carbocycles. The van der Waals surface area contributed by atoms with E-state index in [0.717, 1.165) is 36.0 Å². The lowest BCUT2D eigenvalue weighted by molar-refractivity contribution is 0.0651. The van der Waals surface area contributed by atoms with Gasteiger partial charge in [0.25, 0.3) is 0 Å². The number of imidazole rings is 1. The number of fused-ring (bicyclic) bond motifs is 1. The number of nitrogens with zero attached hydrogens (tertiary/aromatic N) is 6. The van der Waals surface area contributed by atoms with E-state index < -0.39 is 11.9 Å². The highest BCUT2D eigenvalue weighted by Gasteiger charge is 2.23. The molecule has 0 saturated carbocycles. The molecule has 1 N–H and O–H groups in total. The van der Waals surface area contributed by atoms with E-state index in [4.69, 9.17) is 9.47 Å². The monoisotopic (exact) mass is 476 g/mol. The van der Waals surface area contributed by atoms with Crippen LogP contribution in [0.2, 0.25) is 0 Å². The quantitative estimate of drug-likeness (QED) is 0.427. The van der Waals surface area contributed by atoms with Crippen LogP contribution in [0.4, 0.5) is 4.39 Å². The van der Waals surface area contributed by atoms with Gasteiger partial charge in [0.2, 0.25) is 5.88 Å². The van der Waals surface area contributed by atoms with Crippen LogP contribution in [0.25, 0.3) is 16.9 Å². The van der Waals surface area contributed by atoms with Gasteiger partial charge in [0, 0.05) is 24.8 Å². The molecular weight excluding hydrogens is 451 g/mol. The van der Waals surface area contributed by atoms with Crippen molar-refractivity contribution in [2.24, 2.45) is 0 Å². The standard InChI is InChI=1S/C25H25FN6O3/c1-3-4-20-14-28-23-11-17(25-16(2)32(30-29-25)19-7-9-34-10-8-19)12-24(31(20)23)35-22(15-33)21-6-5-18(26)13-27-21/h5-6,11-14,19,22,33H,7-10,15H2,1-2H3. The number of aliphatic hydroxyl groups excluding tert-OH is 1. The van der Waals surface area contributed by atoms with Gasteiger partial charge in [0.05, 0.1) is 36.4 Å². The highest BCUT2D eigenvalue weighted by molar-refractivity contribution is 5.68. The maximum atomic E-state index is 13.4. The Hall–Kier alpha value is -3.81. The number of hydrogen-bond acceptors (Lipinski definition) is 7. The summed E-state index contributed by atoms with van der Waals surface area (Å²) in [7, 11) is 0. The lowest BCUT2D eigenvalue weighted by Crippen LogP contribution is -2.21. The molecule has 35 heavy (non-hydrogen) atoms. The van der Waals surface area contributed by atoms with Crippen LogP contribution in [-0.4, -0.2) is 54.3 Å². The van der Waals surface area contributed by atoms with Crippen molar-refractivity contribution in [3.05, 3.63) is 59.6 Å². The Labute approximate surface area is 201 Å². The summed E-state index contributed by atoms with van der Waals surface area (Å²) < 4.78 is 28.8. The molecule has 4 aromatic heterocycles. The largest absolute Gasteiger partial charge is 0.466 e. The van der Waals surface area contributed by atoms with Gasteiger partial charge in [-0.2, -0.15) is 0 Å². The molecule has 0 spiro atoms. The fourth-order valence-electron chi connectivity index (χ4n) is 4.32. The van der Waals surface area contributed by atoms with Crippen molar-refractivity contribution < 1.29 is 19.0 Å². The van der Waals surface area contributed by atoms with Crippen LogP contribution < -0.4 is 4.74 Å². The van der Waals surface area contributed by atoms with E-state index in [1.165, 1.54) is 12.1 Å². The summed E-state index contributed by atoms with van der Waals surface area (Å²) in [6.07, 6.45) is 3.71. The van der Waals surface area contributed by atoms with Gasteiger partial charge in [-0.15, -0.1) is 5.10 Å². The summed E-state index contributed by atoms with van der Waals surface area (Å²) in [4.78, 5) is 8.58. The van der Waals surface area contributed by atoms with Crippen LogP contribution >= 0.6 is 0 Å². The molecule has 1 unspecified atom stereocenters. The third-order valence-electron chi connectivity index (χ3n) is 6.07. The zero-order chi connectivity index (χ0) is 24.4. The Morgan fingerprint density at radius 1 is 1.23 bits per heavy atom. The highest BCUT2D eigenvalue weighted by Crippen LogP contribution is 2.32. The van der Waals surface area contributed by atoms with E-state index in [9.17, 15) is 9.50 Å². The molecular formula is C25H25FN6O3. The van der Waals surface area contributed by atoms with E-state index in [-0.39, 0.29) is 12.6 Å². The molecule has 0 bridgehead atoms. The Balaban J connectivity index is 1.58. The summed E-state index contributed by atoms with van der Waals surface area (Å²) >= 11 is 0. The van der Waals surface area contributed by atoms with Crippen molar-refractivity contribution in [3.8, 4) is 29.0 Å². The number of aliphatic hydroxyl groups is 1. The van der Waals surface area contributed by atoms with Crippen LogP contribution in [0, 0.1) is 24.6 Å². The Morgan fingerprint density at radius 3 is 2.77 bits per heavy atom. The molecule has 5 rings (SSSR count). The first-order valence-electron chi connectivity index (χ1n) is 11.4. The van der Waals surface area contributed by atoms with Crippen molar-refractivity contribution in [1.82, 2.24) is 29.4 Å². The van der Waals surface area contributed by atoms with Gasteiger partial charge in [-0.25, -0.2) is 14.1 Å². The van der Waals surface area contributed by atoms with E-state index in [1.807, 2.05) is 23.7 Å². The van der Waals surface area contributed by atoms with Gasteiger partial charge in [-0.05, 0) is 50.8 Å². The lowest BCUT2D eigenvalue weighted by atomic mass is 10.1.